The van der Waals surface area contributed by atoms with Crippen LogP contribution in [0.4, 0.5) is 5.82 Å². The third-order valence-electron chi connectivity index (χ3n) is 3.16. The Labute approximate surface area is 102 Å². The zero-order valence-corrected chi connectivity index (χ0v) is 10.2. The summed E-state index contributed by atoms with van der Waals surface area (Å²) in [5.41, 5.74) is 0.631. The summed E-state index contributed by atoms with van der Waals surface area (Å²) in [7, 11) is 0. The summed E-state index contributed by atoms with van der Waals surface area (Å²) >= 11 is 0. The zero-order chi connectivity index (χ0) is 12.1. The highest BCUT2D eigenvalue weighted by molar-refractivity contribution is 5.94. The number of amides is 1. The van der Waals surface area contributed by atoms with Crippen molar-refractivity contribution in [3.8, 4) is 0 Å². The maximum absolute atomic E-state index is 11.8. The Morgan fingerprint density at radius 3 is 2.82 bits per heavy atom. The van der Waals surface area contributed by atoms with E-state index in [0.717, 1.165) is 18.9 Å². The lowest BCUT2D eigenvalue weighted by molar-refractivity contribution is 0.0939. The average Bonchev–Trinajstić information content (AvgIpc) is 2.28. The molecule has 4 nitrogen and oxygen atoms in total. The van der Waals surface area contributed by atoms with Gasteiger partial charge < -0.3 is 10.6 Å². The maximum Gasteiger partial charge on any atom is 0.252 e. The Kier molecular flexibility index (Phi) is 3.96. The zero-order valence-electron chi connectivity index (χ0n) is 10.2. The number of carbonyl (C=O) groups is 1. The van der Waals surface area contributed by atoms with Crippen LogP contribution in [0.1, 0.15) is 36.5 Å². The lowest BCUT2D eigenvalue weighted by atomic mass is 9.85. The molecule has 0 atom stereocenters. The molecule has 1 saturated carbocycles. The fourth-order valence-corrected chi connectivity index (χ4v) is 1.85. The molecule has 0 unspecified atom stereocenters. The molecule has 0 aliphatic heterocycles. The topological polar surface area (TPSA) is 54.0 Å². The van der Waals surface area contributed by atoms with E-state index in [0.29, 0.717) is 11.5 Å². The third-order valence-corrected chi connectivity index (χ3v) is 3.16. The number of pyridine rings is 1. The van der Waals surface area contributed by atoms with Crippen LogP contribution in [-0.2, 0) is 0 Å². The van der Waals surface area contributed by atoms with E-state index in [1.54, 1.807) is 12.3 Å². The second kappa shape index (κ2) is 5.66. The Morgan fingerprint density at radius 1 is 1.47 bits per heavy atom. The monoisotopic (exact) mass is 233 g/mol. The van der Waals surface area contributed by atoms with Gasteiger partial charge in [-0.05, 0) is 37.8 Å². The van der Waals surface area contributed by atoms with Crippen LogP contribution >= 0.6 is 0 Å². The first-order valence-electron chi connectivity index (χ1n) is 6.27. The summed E-state index contributed by atoms with van der Waals surface area (Å²) in [6, 6.07) is 3.64. The van der Waals surface area contributed by atoms with Crippen LogP contribution in [0.5, 0.6) is 0 Å². The molecule has 1 heterocycles. The molecule has 2 N–H and O–H groups in total. The molecular formula is C13H19N3O. The first-order valence-corrected chi connectivity index (χ1v) is 6.27. The first-order chi connectivity index (χ1) is 8.29. The van der Waals surface area contributed by atoms with Crippen molar-refractivity contribution in [3.63, 3.8) is 0 Å². The van der Waals surface area contributed by atoms with Crippen LogP contribution in [-0.4, -0.2) is 24.0 Å². The quantitative estimate of drug-likeness (QED) is 0.818. The summed E-state index contributed by atoms with van der Waals surface area (Å²) in [4.78, 5) is 16.0. The van der Waals surface area contributed by atoms with Gasteiger partial charge in [-0.25, -0.2) is 4.98 Å². The van der Waals surface area contributed by atoms with E-state index in [-0.39, 0.29) is 5.91 Å². The van der Waals surface area contributed by atoms with Crippen molar-refractivity contribution in [2.75, 3.05) is 18.4 Å². The molecule has 0 saturated heterocycles. The highest BCUT2D eigenvalue weighted by Gasteiger charge is 2.18. The van der Waals surface area contributed by atoms with Crippen molar-refractivity contribution < 1.29 is 4.79 Å². The highest BCUT2D eigenvalue weighted by atomic mass is 16.1. The molecule has 0 spiro atoms. The second-order valence-corrected chi connectivity index (χ2v) is 4.47. The molecule has 92 valence electrons. The molecule has 1 fully saturated rings. The van der Waals surface area contributed by atoms with E-state index >= 15 is 0 Å². The fourth-order valence-electron chi connectivity index (χ4n) is 1.85. The van der Waals surface area contributed by atoms with Crippen molar-refractivity contribution >= 4 is 11.7 Å². The van der Waals surface area contributed by atoms with Crippen molar-refractivity contribution in [1.29, 1.82) is 0 Å². The normalized spacial score (nSPS) is 15.1. The standard InChI is InChI=1S/C13H19N3O/c1-2-14-12-7-6-11(9-15-12)13(17)16-8-10-4-3-5-10/h6-7,9-10H,2-5,8H2,1H3,(H,14,15)(H,16,17). The predicted molar refractivity (Wildman–Crippen MR) is 68.1 cm³/mol. The van der Waals surface area contributed by atoms with Crippen molar-refractivity contribution in [2.45, 2.75) is 26.2 Å². The van der Waals surface area contributed by atoms with Crippen molar-refractivity contribution in [3.05, 3.63) is 23.9 Å². The smallest absolute Gasteiger partial charge is 0.252 e. The number of hydrogen-bond acceptors (Lipinski definition) is 3. The summed E-state index contributed by atoms with van der Waals surface area (Å²) in [5, 5.41) is 6.05. The Balaban J connectivity index is 1.84. The molecule has 0 aromatic carbocycles. The van der Waals surface area contributed by atoms with E-state index in [4.69, 9.17) is 0 Å². The van der Waals surface area contributed by atoms with Gasteiger partial charge in [0.15, 0.2) is 0 Å². The molecule has 1 amide bonds. The molecule has 1 aromatic rings. The summed E-state index contributed by atoms with van der Waals surface area (Å²) in [6.45, 7) is 3.65. The molecule has 1 aliphatic carbocycles. The largest absolute Gasteiger partial charge is 0.370 e. The fraction of sp³-hybridized carbons (Fsp3) is 0.538. The summed E-state index contributed by atoms with van der Waals surface area (Å²) in [5.74, 6) is 1.48. The molecule has 0 bridgehead atoms. The van der Waals surface area contributed by atoms with Gasteiger partial charge in [-0.3, -0.25) is 4.79 Å². The van der Waals surface area contributed by atoms with Gasteiger partial charge in [0, 0.05) is 19.3 Å². The Morgan fingerprint density at radius 2 is 2.29 bits per heavy atom. The minimum atomic E-state index is -0.0209. The minimum absolute atomic E-state index is 0.0209. The minimum Gasteiger partial charge on any atom is -0.370 e. The SMILES string of the molecule is CCNc1ccc(C(=O)NCC2CCC2)cn1. The van der Waals surface area contributed by atoms with Gasteiger partial charge in [-0.1, -0.05) is 6.42 Å². The van der Waals surface area contributed by atoms with Crippen LogP contribution < -0.4 is 10.6 Å². The summed E-state index contributed by atoms with van der Waals surface area (Å²) in [6.07, 6.45) is 5.42. The first kappa shape index (κ1) is 11.9. The molecular weight excluding hydrogens is 214 g/mol. The Bertz CT molecular complexity index is 371. The van der Waals surface area contributed by atoms with Crippen LogP contribution in [0.15, 0.2) is 18.3 Å². The van der Waals surface area contributed by atoms with Crippen LogP contribution in [0, 0.1) is 5.92 Å². The Hall–Kier alpha value is -1.58. The predicted octanol–water partition coefficient (Wildman–Crippen LogP) is 2.04. The number of carbonyl (C=O) groups excluding carboxylic acids is 1. The van der Waals surface area contributed by atoms with E-state index in [1.165, 1.54) is 19.3 Å². The van der Waals surface area contributed by atoms with Crippen LogP contribution in [0.25, 0.3) is 0 Å². The molecule has 17 heavy (non-hydrogen) atoms. The average molecular weight is 233 g/mol. The molecule has 1 aliphatic rings. The third kappa shape index (κ3) is 3.19. The van der Waals surface area contributed by atoms with Gasteiger partial charge in [0.05, 0.1) is 5.56 Å². The van der Waals surface area contributed by atoms with E-state index in [2.05, 4.69) is 15.6 Å². The second-order valence-electron chi connectivity index (χ2n) is 4.47. The number of hydrogen-bond donors (Lipinski definition) is 2. The maximum atomic E-state index is 11.8. The van der Waals surface area contributed by atoms with Gasteiger partial charge in [-0.15, -0.1) is 0 Å². The summed E-state index contributed by atoms with van der Waals surface area (Å²) < 4.78 is 0. The van der Waals surface area contributed by atoms with Crippen molar-refractivity contribution in [2.24, 2.45) is 5.92 Å². The lowest BCUT2D eigenvalue weighted by Gasteiger charge is -2.25. The molecule has 4 heteroatoms. The van der Waals surface area contributed by atoms with Gasteiger partial charge in [0.25, 0.3) is 5.91 Å². The van der Waals surface area contributed by atoms with Crippen molar-refractivity contribution in [1.82, 2.24) is 10.3 Å². The lowest BCUT2D eigenvalue weighted by Crippen LogP contribution is -2.32. The van der Waals surface area contributed by atoms with E-state index in [1.807, 2.05) is 13.0 Å². The van der Waals surface area contributed by atoms with E-state index in [9.17, 15) is 4.79 Å². The van der Waals surface area contributed by atoms with Crippen LogP contribution in [0.2, 0.25) is 0 Å². The number of rotatable bonds is 5. The van der Waals surface area contributed by atoms with Gasteiger partial charge in [0.1, 0.15) is 5.82 Å². The van der Waals surface area contributed by atoms with Gasteiger partial charge in [-0.2, -0.15) is 0 Å². The van der Waals surface area contributed by atoms with Crippen LogP contribution in [0.3, 0.4) is 0 Å². The van der Waals surface area contributed by atoms with Gasteiger partial charge >= 0.3 is 0 Å². The molecule has 2 rings (SSSR count). The highest BCUT2D eigenvalue weighted by Crippen LogP contribution is 2.25. The molecule has 0 radical (unpaired) electrons. The number of nitrogens with one attached hydrogen (secondary N) is 2. The molecule has 1 aromatic heterocycles. The number of aromatic nitrogens is 1. The number of nitrogens with zero attached hydrogens (tertiary/aromatic N) is 1. The van der Waals surface area contributed by atoms with Gasteiger partial charge in [0.2, 0.25) is 0 Å². The van der Waals surface area contributed by atoms with E-state index < -0.39 is 0 Å². The number of anilines is 1.